The number of hydrogen-bond acceptors (Lipinski definition) is 7. The number of carbonyl (C=O) groups is 3. The number of unbranched alkanes of at least 4 members (excludes halogenated alkanes) is 2. The number of rotatable bonds is 12. The Kier molecular flexibility index (Phi) is 9.83. The van der Waals surface area contributed by atoms with Crippen LogP contribution in [-0.4, -0.2) is 23.7 Å². The van der Waals surface area contributed by atoms with Crippen molar-refractivity contribution in [3.8, 4) is 5.75 Å². The van der Waals surface area contributed by atoms with Crippen molar-refractivity contribution in [3.05, 3.63) is 108 Å². The van der Waals surface area contributed by atoms with E-state index in [0.717, 1.165) is 41.7 Å². The van der Waals surface area contributed by atoms with Crippen LogP contribution in [0.4, 0.5) is 0 Å². The largest absolute Gasteiger partial charge is 0.494 e. The zero-order valence-electron chi connectivity index (χ0n) is 22.9. The van der Waals surface area contributed by atoms with Gasteiger partial charge < -0.3 is 14.2 Å². The summed E-state index contributed by atoms with van der Waals surface area (Å²) in [5.74, 6) is 1.12. The third-order valence-electron chi connectivity index (χ3n) is 7.09. The van der Waals surface area contributed by atoms with Crippen molar-refractivity contribution in [2.75, 3.05) is 6.61 Å². The summed E-state index contributed by atoms with van der Waals surface area (Å²) >= 11 is 1.19. The molecule has 0 fully saturated rings. The van der Waals surface area contributed by atoms with Crippen LogP contribution in [0, 0.1) is 5.92 Å². The van der Waals surface area contributed by atoms with Crippen LogP contribution in [0.2, 0.25) is 0 Å². The number of fused-ring (bicyclic) bond motifs is 3. The molecule has 0 saturated heterocycles. The average molecular weight is 559 g/mol. The minimum atomic E-state index is -0.429. The number of benzene rings is 2. The molecule has 0 spiro atoms. The van der Waals surface area contributed by atoms with E-state index in [2.05, 4.69) is 26.2 Å². The molecule has 2 aromatic rings. The standard InChI is InChI=1S/C33H34O6S/c1-5-37-31(34)9-7-6-8-18-38-24-11-14-26(15-12-24)40-33(36)23-10-16-27-28-17-13-25(39-32(35)21(2)3)20-30(28)22(4)29(27)19-23/h5,10-17,19-20,22,28,30H,1-2,6-9,18H2,3-4H3/t22-,28?,30?/m0/s1. The van der Waals surface area contributed by atoms with Gasteiger partial charge in [0.15, 0.2) is 0 Å². The third kappa shape index (κ3) is 7.21. The molecule has 0 aromatic heterocycles. The number of carbonyl (C=O) groups excluding carboxylic acids is 3. The molecule has 7 heteroatoms. The van der Waals surface area contributed by atoms with E-state index < -0.39 is 5.97 Å². The first-order valence-electron chi connectivity index (χ1n) is 13.4. The summed E-state index contributed by atoms with van der Waals surface area (Å²) < 4.78 is 15.9. The van der Waals surface area contributed by atoms with Gasteiger partial charge >= 0.3 is 11.9 Å². The fourth-order valence-electron chi connectivity index (χ4n) is 4.97. The highest BCUT2D eigenvalue weighted by molar-refractivity contribution is 8.14. The Morgan fingerprint density at radius 3 is 2.52 bits per heavy atom. The maximum Gasteiger partial charge on any atom is 0.338 e. The van der Waals surface area contributed by atoms with Gasteiger partial charge in [0, 0.05) is 28.4 Å². The first kappa shape index (κ1) is 29.2. The van der Waals surface area contributed by atoms with Gasteiger partial charge in [0.1, 0.15) is 11.5 Å². The highest BCUT2D eigenvalue weighted by atomic mass is 32.2. The maximum absolute atomic E-state index is 13.1. The molecule has 2 aliphatic carbocycles. The molecular weight excluding hydrogens is 524 g/mol. The van der Waals surface area contributed by atoms with Crippen LogP contribution < -0.4 is 4.74 Å². The van der Waals surface area contributed by atoms with Crippen LogP contribution in [0.1, 0.15) is 72.9 Å². The summed E-state index contributed by atoms with van der Waals surface area (Å²) in [6, 6.07) is 13.4. The molecule has 0 bridgehead atoms. The average Bonchev–Trinajstić information content (AvgIpc) is 3.22. The minimum absolute atomic E-state index is 0.0179. The summed E-state index contributed by atoms with van der Waals surface area (Å²) in [5.41, 5.74) is 3.37. The van der Waals surface area contributed by atoms with E-state index in [1.807, 2.05) is 54.6 Å². The Labute approximate surface area is 239 Å². The van der Waals surface area contributed by atoms with E-state index in [0.29, 0.717) is 29.9 Å². The molecule has 6 nitrogen and oxygen atoms in total. The smallest absolute Gasteiger partial charge is 0.338 e. The lowest BCUT2D eigenvalue weighted by Crippen LogP contribution is -2.13. The van der Waals surface area contributed by atoms with E-state index >= 15 is 0 Å². The summed E-state index contributed by atoms with van der Waals surface area (Å²) in [4.78, 5) is 37.2. The van der Waals surface area contributed by atoms with E-state index in [1.165, 1.54) is 17.3 Å². The second-order valence-corrected chi connectivity index (χ2v) is 11.1. The Morgan fingerprint density at radius 2 is 1.80 bits per heavy atom. The quantitative estimate of drug-likeness (QED) is 0.0871. The molecule has 208 valence electrons. The normalized spacial score (nSPS) is 18.6. The van der Waals surface area contributed by atoms with Gasteiger partial charge in [0.05, 0.1) is 12.9 Å². The number of allylic oxidation sites excluding steroid dienone is 3. The molecule has 0 amide bonds. The highest BCUT2D eigenvalue weighted by Crippen LogP contribution is 2.50. The van der Waals surface area contributed by atoms with Crippen LogP contribution in [0.3, 0.4) is 0 Å². The first-order chi connectivity index (χ1) is 19.3. The van der Waals surface area contributed by atoms with E-state index in [1.54, 1.807) is 6.92 Å². The van der Waals surface area contributed by atoms with Gasteiger partial charge in [-0.25, -0.2) is 4.79 Å². The summed E-state index contributed by atoms with van der Waals surface area (Å²) in [6.07, 6.45) is 9.90. The van der Waals surface area contributed by atoms with Crippen LogP contribution in [0.15, 0.2) is 96.3 Å². The molecule has 40 heavy (non-hydrogen) atoms. The van der Waals surface area contributed by atoms with Crippen molar-refractivity contribution in [3.63, 3.8) is 0 Å². The van der Waals surface area contributed by atoms with Crippen molar-refractivity contribution < 1.29 is 28.6 Å². The predicted octanol–water partition coefficient (Wildman–Crippen LogP) is 7.63. The molecule has 0 aliphatic heterocycles. The van der Waals surface area contributed by atoms with Crippen LogP contribution >= 0.6 is 11.8 Å². The van der Waals surface area contributed by atoms with Crippen molar-refractivity contribution in [2.24, 2.45) is 5.92 Å². The predicted molar refractivity (Wildman–Crippen MR) is 156 cm³/mol. The molecule has 3 atom stereocenters. The second kappa shape index (κ2) is 13.5. The van der Waals surface area contributed by atoms with Gasteiger partial charge in [-0.15, -0.1) is 0 Å². The summed E-state index contributed by atoms with van der Waals surface area (Å²) in [7, 11) is 0. The van der Waals surface area contributed by atoms with Gasteiger partial charge in [-0.1, -0.05) is 38.3 Å². The zero-order valence-corrected chi connectivity index (χ0v) is 23.7. The molecule has 0 heterocycles. The van der Waals surface area contributed by atoms with Crippen molar-refractivity contribution in [2.45, 2.75) is 56.3 Å². The van der Waals surface area contributed by atoms with Gasteiger partial charge in [0.25, 0.3) is 0 Å². The van der Waals surface area contributed by atoms with Crippen molar-refractivity contribution in [1.82, 2.24) is 0 Å². The molecule has 4 rings (SSSR count). The highest BCUT2D eigenvalue weighted by Gasteiger charge is 2.38. The molecule has 0 radical (unpaired) electrons. The van der Waals surface area contributed by atoms with Gasteiger partial charge in [-0.3, -0.25) is 9.59 Å². The monoisotopic (exact) mass is 558 g/mol. The van der Waals surface area contributed by atoms with Crippen LogP contribution in [0.5, 0.6) is 5.75 Å². The number of esters is 2. The van der Waals surface area contributed by atoms with Crippen molar-refractivity contribution >= 4 is 28.8 Å². The lowest BCUT2D eigenvalue weighted by Gasteiger charge is -2.22. The SMILES string of the molecule is C=COC(=O)CCCCCOc1ccc(SC(=O)c2ccc3c(c2)[C@H](C)C2C=C(OC(=O)C(=C)C)C=CC32)cc1. The Bertz CT molecular complexity index is 1350. The van der Waals surface area contributed by atoms with E-state index in [4.69, 9.17) is 14.2 Å². The van der Waals surface area contributed by atoms with Gasteiger partial charge in [-0.05, 0) is 103 Å². The van der Waals surface area contributed by atoms with Gasteiger partial charge in [0.2, 0.25) is 5.12 Å². The molecule has 2 aliphatic rings. The van der Waals surface area contributed by atoms with Crippen molar-refractivity contribution in [1.29, 1.82) is 0 Å². The summed E-state index contributed by atoms with van der Waals surface area (Å²) in [6.45, 7) is 11.3. The second-order valence-electron chi connectivity index (χ2n) is 10.0. The fourth-order valence-corrected chi connectivity index (χ4v) is 5.70. The van der Waals surface area contributed by atoms with E-state index in [-0.39, 0.29) is 28.8 Å². The maximum atomic E-state index is 13.1. The minimum Gasteiger partial charge on any atom is -0.494 e. The Morgan fingerprint density at radius 1 is 1.02 bits per heavy atom. The third-order valence-corrected chi connectivity index (χ3v) is 8.02. The zero-order chi connectivity index (χ0) is 28.6. The molecule has 0 N–H and O–H groups in total. The Balaban J connectivity index is 1.29. The lowest BCUT2D eigenvalue weighted by molar-refractivity contribution is -0.138. The van der Waals surface area contributed by atoms with Crippen LogP contribution in [0.25, 0.3) is 0 Å². The molecule has 2 aromatic carbocycles. The number of hydrogen-bond donors (Lipinski definition) is 0. The van der Waals surface area contributed by atoms with E-state index in [9.17, 15) is 14.4 Å². The molecule has 0 saturated carbocycles. The molecule has 2 unspecified atom stereocenters. The van der Waals surface area contributed by atoms with Crippen LogP contribution in [-0.2, 0) is 19.1 Å². The first-order valence-corrected chi connectivity index (χ1v) is 14.3. The van der Waals surface area contributed by atoms with Gasteiger partial charge in [-0.2, -0.15) is 0 Å². The topological polar surface area (TPSA) is 78.9 Å². The number of thioether (sulfide) groups is 1. The Hall–Kier alpha value is -3.84. The summed E-state index contributed by atoms with van der Waals surface area (Å²) in [5, 5.41) is -0.0179. The fraction of sp³-hybridized carbons (Fsp3) is 0.303. The number of ether oxygens (including phenoxy) is 3. The lowest BCUT2D eigenvalue weighted by atomic mass is 9.84. The molecular formula is C33H34O6S.